The molecule has 0 heterocycles. The maximum Gasteiger partial charge on any atom is 0.255 e. The SMILES string of the molecule is CCNS(=O)(=O)c1ccc(C)c(C(=O)Nc2cccc(C(=O)NC3CC3)c2)c1. The summed E-state index contributed by atoms with van der Waals surface area (Å²) in [5.74, 6) is -0.612. The Bertz CT molecular complexity index is 1010. The van der Waals surface area contributed by atoms with E-state index in [2.05, 4.69) is 15.4 Å². The van der Waals surface area contributed by atoms with E-state index in [1.54, 1.807) is 44.2 Å². The molecular formula is C20H23N3O4S. The number of amides is 2. The molecule has 0 aliphatic heterocycles. The molecule has 28 heavy (non-hydrogen) atoms. The van der Waals surface area contributed by atoms with Crippen LogP contribution >= 0.6 is 0 Å². The van der Waals surface area contributed by atoms with Gasteiger partial charge in [0, 0.05) is 29.4 Å². The van der Waals surface area contributed by atoms with Crippen molar-refractivity contribution >= 4 is 27.5 Å². The van der Waals surface area contributed by atoms with Crippen molar-refractivity contribution in [2.45, 2.75) is 37.6 Å². The van der Waals surface area contributed by atoms with Gasteiger partial charge in [0.2, 0.25) is 10.0 Å². The number of anilines is 1. The fourth-order valence-electron chi connectivity index (χ4n) is 2.72. The summed E-state index contributed by atoms with van der Waals surface area (Å²) in [6.45, 7) is 3.68. The molecule has 7 nitrogen and oxygen atoms in total. The first-order chi connectivity index (χ1) is 13.3. The number of rotatable bonds is 7. The lowest BCUT2D eigenvalue weighted by molar-refractivity contribution is 0.0949. The molecule has 0 bridgehead atoms. The molecule has 0 unspecified atom stereocenters. The predicted molar refractivity (Wildman–Crippen MR) is 107 cm³/mol. The first-order valence-corrected chi connectivity index (χ1v) is 10.6. The van der Waals surface area contributed by atoms with Gasteiger partial charge in [0.25, 0.3) is 11.8 Å². The van der Waals surface area contributed by atoms with Crippen LogP contribution in [0, 0.1) is 6.92 Å². The maximum absolute atomic E-state index is 12.7. The van der Waals surface area contributed by atoms with E-state index < -0.39 is 15.9 Å². The van der Waals surface area contributed by atoms with E-state index >= 15 is 0 Å². The van der Waals surface area contributed by atoms with Gasteiger partial charge in [0.1, 0.15) is 0 Å². The lowest BCUT2D eigenvalue weighted by Gasteiger charge is -2.11. The molecule has 1 fully saturated rings. The van der Waals surface area contributed by atoms with Gasteiger partial charge in [-0.3, -0.25) is 9.59 Å². The van der Waals surface area contributed by atoms with Gasteiger partial charge in [-0.05, 0) is 55.7 Å². The van der Waals surface area contributed by atoms with Crippen molar-refractivity contribution in [2.24, 2.45) is 0 Å². The van der Waals surface area contributed by atoms with Crippen molar-refractivity contribution in [3.05, 3.63) is 59.2 Å². The quantitative estimate of drug-likeness (QED) is 0.663. The molecule has 2 amide bonds. The zero-order valence-corrected chi connectivity index (χ0v) is 16.6. The van der Waals surface area contributed by atoms with Gasteiger partial charge in [0.05, 0.1) is 4.90 Å². The summed E-state index contributed by atoms with van der Waals surface area (Å²) in [6, 6.07) is 11.3. The molecule has 0 saturated heterocycles. The second kappa shape index (κ2) is 8.12. The number of carbonyl (C=O) groups excluding carboxylic acids is 2. The number of sulfonamides is 1. The molecule has 0 radical (unpaired) electrons. The summed E-state index contributed by atoms with van der Waals surface area (Å²) >= 11 is 0. The molecule has 1 aliphatic rings. The van der Waals surface area contributed by atoms with Crippen molar-refractivity contribution < 1.29 is 18.0 Å². The van der Waals surface area contributed by atoms with Crippen LogP contribution in [0.4, 0.5) is 5.69 Å². The van der Waals surface area contributed by atoms with E-state index in [9.17, 15) is 18.0 Å². The number of hydrogen-bond acceptors (Lipinski definition) is 4. The highest BCUT2D eigenvalue weighted by atomic mass is 32.2. The van der Waals surface area contributed by atoms with Crippen LogP contribution in [0.2, 0.25) is 0 Å². The fourth-order valence-corrected chi connectivity index (χ4v) is 3.79. The summed E-state index contributed by atoms with van der Waals surface area (Å²) in [4.78, 5) is 24.9. The topological polar surface area (TPSA) is 104 Å². The van der Waals surface area contributed by atoms with Crippen LogP contribution in [0.1, 0.15) is 46.0 Å². The van der Waals surface area contributed by atoms with E-state index in [0.29, 0.717) is 16.8 Å². The largest absolute Gasteiger partial charge is 0.349 e. The van der Waals surface area contributed by atoms with E-state index in [1.165, 1.54) is 12.1 Å². The van der Waals surface area contributed by atoms with Gasteiger partial charge in [-0.1, -0.05) is 19.1 Å². The number of carbonyl (C=O) groups is 2. The molecule has 8 heteroatoms. The zero-order valence-electron chi connectivity index (χ0n) is 15.8. The molecule has 0 spiro atoms. The lowest BCUT2D eigenvalue weighted by atomic mass is 10.1. The number of hydrogen-bond donors (Lipinski definition) is 3. The molecule has 2 aromatic rings. The van der Waals surface area contributed by atoms with Crippen molar-refractivity contribution in [2.75, 3.05) is 11.9 Å². The van der Waals surface area contributed by atoms with Crippen LogP contribution in [0.15, 0.2) is 47.4 Å². The fraction of sp³-hybridized carbons (Fsp3) is 0.300. The Morgan fingerprint density at radius 1 is 1.07 bits per heavy atom. The van der Waals surface area contributed by atoms with E-state index in [4.69, 9.17) is 0 Å². The molecule has 1 aliphatic carbocycles. The smallest absolute Gasteiger partial charge is 0.255 e. The summed E-state index contributed by atoms with van der Waals surface area (Å²) in [7, 11) is -3.66. The molecule has 3 rings (SSSR count). The maximum atomic E-state index is 12.7. The third kappa shape index (κ3) is 4.76. The van der Waals surface area contributed by atoms with Crippen molar-refractivity contribution in [3.8, 4) is 0 Å². The van der Waals surface area contributed by atoms with Crippen LogP contribution in [0.3, 0.4) is 0 Å². The first kappa shape index (κ1) is 20.0. The average molecular weight is 401 g/mol. The van der Waals surface area contributed by atoms with Crippen LogP contribution < -0.4 is 15.4 Å². The Balaban J connectivity index is 1.80. The van der Waals surface area contributed by atoms with Gasteiger partial charge in [-0.25, -0.2) is 13.1 Å². The van der Waals surface area contributed by atoms with Gasteiger partial charge in [-0.15, -0.1) is 0 Å². The molecule has 148 valence electrons. The summed E-state index contributed by atoms with van der Waals surface area (Å²) < 4.78 is 26.8. The van der Waals surface area contributed by atoms with E-state index in [0.717, 1.165) is 12.8 Å². The van der Waals surface area contributed by atoms with Crippen molar-refractivity contribution in [3.63, 3.8) is 0 Å². The highest BCUT2D eigenvalue weighted by molar-refractivity contribution is 7.89. The summed E-state index contributed by atoms with van der Waals surface area (Å²) in [5, 5.41) is 5.64. The minimum Gasteiger partial charge on any atom is -0.349 e. The lowest BCUT2D eigenvalue weighted by Crippen LogP contribution is -2.25. The standard InChI is InChI=1S/C20H23N3O4S/c1-3-21-28(26,27)17-10-7-13(2)18(12-17)20(25)23-16-6-4-5-14(11-16)19(24)22-15-8-9-15/h4-7,10-12,15,21H,3,8-9H2,1-2H3,(H,22,24)(H,23,25). The van der Waals surface area contributed by atoms with Crippen LogP contribution in [-0.2, 0) is 10.0 Å². The van der Waals surface area contributed by atoms with Gasteiger partial charge in [0.15, 0.2) is 0 Å². The molecule has 3 N–H and O–H groups in total. The van der Waals surface area contributed by atoms with Crippen molar-refractivity contribution in [1.82, 2.24) is 10.0 Å². The average Bonchev–Trinajstić information content (AvgIpc) is 3.46. The monoisotopic (exact) mass is 401 g/mol. The highest BCUT2D eigenvalue weighted by Gasteiger charge is 2.24. The Morgan fingerprint density at radius 3 is 2.50 bits per heavy atom. The Labute approximate surface area is 164 Å². The summed E-state index contributed by atoms with van der Waals surface area (Å²) in [6.07, 6.45) is 1.99. The van der Waals surface area contributed by atoms with Gasteiger partial charge in [-0.2, -0.15) is 0 Å². The second-order valence-corrected chi connectivity index (χ2v) is 8.53. The minimum atomic E-state index is -3.66. The van der Waals surface area contributed by atoms with Crippen LogP contribution in [0.5, 0.6) is 0 Å². The normalized spacial score (nSPS) is 13.8. The minimum absolute atomic E-state index is 0.0302. The molecule has 1 saturated carbocycles. The van der Waals surface area contributed by atoms with E-state index in [-0.39, 0.29) is 29.0 Å². The number of benzene rings is 2. The van der Waals surface area contributed by atoms with Crippen LogP contribution in [-0.4, -0.2) is 32.8 Å². The van der Waals surface area contributed by atoms with Crippen LogP contribution in [0.25, 0.3) is 0 Å². The molecule has 0 atom stereocenters. The highest BCUT2D eigenvalue weighted by Crippen LogP contribution is 2.21. The Kier molecular flexibility index (Phi) is 5.81. The zero-order chi connectivity index (χ0) is 20.3. The summed E-state index contributed by atoms with van der Waals surface area (Å²) in [5.41, 5.74) is 1.83. The number of aryl methyl sites for hydroxylation is 1. The Hall–Kier alpha value is -2.71. The molecule has 2 aromatic carbocycles. The molecular weight excluding hydrogens is 378 g/mol. The first-order valence-electron chi connectivity index (χ1n) is 9.13. The van der Waals surface area contributed by atoms with Gasteiger partial charge >= 0.3 is 0 Å². The number of nitrogens with one attached hydrogen (secondary N) is 3. The third-order valence-corrected chi connectivity index (χ3v) is 5.94. The second-order valence-electron chi connectivity index (χ2n) is 6.76. The van der Waals surface area contributed by atoms with E-state index in [1.807, 2.05) is 0 Å². The molecule has 0 aromatic heterocycles. The van der Waals surface area contributed by atoms with Gasteiger partial charge < -0.3 is 10.6 Å². The predicted octanol–water partition coefficient (Wildman–Crippen LogP) is 2.44. The third-order valence-electron chi connectivity index (χ3n) is 4.39. The Morgan fingerprint density at radius 2 is 1.82 bits per heavy atom. The van der Waals surface area contributed by atoms with Crippen molar-refractivity contribution in [1.29, 1.82) is 0 Å².